The molecule has 0 saturated heterocycles. The Bertz CT molecular complexity index is 393. The molecule has 0 aliphatic carbocycles. The van der Waals surface area contributed by atoms with Crippen LogP contribution in [0.5, 0.6) is 0 Å². The van der Waals surface area contributed by atoms with Crippen LogP contribution in [0.15, 0.2) is 18.2 Å². The van der Waals surface area contributed by atoms with Gasteiger partial charge in [-0.3, -0.25) is 4.79 Å². The maximum atomic E-state index is 13.0. The molecule has 1 rings (SSSR count). The van der Waals surface area contributed by atoms with Crippen LogP contribution in [-0.2, 0) is 0 Å². The van der Waals surface area contributed by atoms with E-state index < -0.39 is 5.82 Å². The average molecular weight is 258 g/mol. The third kappa shape index (κ3) is 4.84. The Kier molecular flexibility index (Phi) is 5.59. The van der Waals surface area contributed by atoms with Crippen molar-refractivity contribution in [3.63, 3.8) is 0 Å². The molecule has 94 valence electrons. The average Bonchev–Trinajstić information content (AvgIpc) is 2.27. The van der Waals surface area contributed by atoms with Gasteiger partial charge in [-0.05, 0) is 31.2 Å². The van der Waals surface area contributed by atoms with Gasteiger partial charge in [-0.2, -0.15) is 0 Å². The maximum absolute atomic E-state index is 13.0. The predicted molar refractivity (Wildman–Crippen MR) is 68.1 cm³/mol. The van der Waals surface area contributed by atoms with Crippen LogP contribution in [0.1, 0.15) is 37.0 Å². The van der Waals surface area contributed by atoms with E-state index in [2.05, 4.69) is 5.32 Å². The number of carbonyl (C=O) groups excluding carboxylic acids is 1. The largest absolute Gasteiger partial charge is 0.315 e. The molecule has 0 aliphatic heterocycles. The van der Waals surface area contributed by atoms with Gasteiger partial charge < -0.3 is 5.32 Å². The van der Waals surface area contributed by atoms with Gasteiger partial charge in [0.25, 0.3) is 0 Å². The van der Waals surface area contributed by atoms with Gasteiger partial charge in [0.05, 0.1) is 5.02 Å². The first-order valence-corrected chi connectivity index (χ1v) is 6.10. The van der Waals surface area contributed by atoms with E-state index in [1.54, 1.807) is 0 Å². The third-order valence-electron chi connectivity index (χ3n) is 2.36. The smallest absolute Gasteiger partial charge is 0.164 e. The molecule has 0 saturated carbocycles. The number of benzene rings is 1. The summed E-state index contributed by atoms with van der Waals surface area (Å²) in [4.78, 5) is 11.8. The molecule has 0 bridgehead atoms. The fourth-order valence-electron chi connectivity index (χ4n) is 1.49. The summed E-state index contributed by atoms with van der Waals surface area (Å²) in [6, 6.07) is 4.26. The fraction of sp³-hybridized carbons (Fsp3) is 0.462. The van der Waals surface area contributed by atoms with Crippen LogP contribution in [0.3, 0.4) is 0 Å². The van der Waals surface area contributed by atoms with Gasteiger partial charge in [0.2, 0.25) is 0 Å². The van der Waals surface area contributed by atoms with Crippen LogP contribution < -0.4 is 5.32 Å². The van der Waals surface area contributed by atoms with Crippen LogP contribution in [0.25, 0.3) is 0 Å². The number of hydrogen-bond acceptors (Lipinski definition) is 2. The molecule has 0 atom stereocenters. The van der Waals surface area contributed by atoms with Crippen molar-refractivity contribution in [2.24, 2.45) is 0 Å². The SMILES string of the molecule is CC(C)NCCCC(=O)c1cc(F)ccc1Cl. The normalized spacial score (nSPS) is 10.9. The molecule has 0 heterocycles. The number of ketones is 1. The van der Waals surface area contributed by atoms with E-state index in [4.69, 9.17) is 11.6 Å². The molecule has 0 amide bonds. The van der Waals surface area contributed by atoms with Crippen molar-refractivity contribution in [2.45, 2.75) is 32.7 Å². The first kappa shape index (κ1) is 14.1. The minimum Gasteiger partial charge on any atom is -0.315 e. The summed E-state index contributed by atoms with van der Waals surface area (Å²) in [5.41, 5.74) is 0.274. The zero-order chi connectivity index (χ0) is 12.8. The van der Waals surface area contributed by atoms with Crippen molar-refractivity contribution in [2.75, 3.05) is 6.54 Å². The van der Waals surface area contributed by atoms with E-state index in [-0.39, 0.29) is 11.3 Å². The molecule has 1 N–H and O–H groups in total. The van der Waals surface area contributed by atoms with Crippen molar-refractivity contribution in [1.29, 1.82) is 0 Å². The van der Waals surface area contributed by atoms with Gasteiger partial charge in [-0.15, -0.1) is 0 Å². The van der Waals surface area contributed by atoms with Crippen LogP contribution in [0, 0.1) is 5.82 Å². The lowest BCUT2D eigenvalue weighted by atomic mass is 10.1. The summed E-state index contributed by atoms with van der Waals surface area (Å²) in [5, 5.41) is 3.53. The maximum Gasteiger partial charge on any atom is 0.164 e. The van der Waals surface area contributed by atoms with E-state index in [9.17, 15) is 9.18 Å². The second kappa shape index (κ2) is 6.72. The molecule has 4 heteroatoms. The monoisotopic (exact) mass is 257 g/mol. The quantitative estimate of drug-likeness (QED) is 0.625. The Morgan fingerprint density at radius 1 is 1.47 bits per heavy atom. The summed E-state index contributed by atoms with van der Waals surface area (Å²) in [7, 11) is 0. The van der Waals surface area contributed by atoms with Gasteiger partial charge >= 0.3 is 0 Å². The lowest BCUT2D eigenvalue weighted by Crippen LogP contribution is -2.24. The van der Waals surface area contributed by atoms with Gasteiger partial charge in [0.15, 0.2) is 5.78 Å². The summed E-state index contributed by atoms with van der Waals surface area (Å²) in [6.07, 6.45) is 1.10. The molecule has 1 aromatic carbocycles. The van der Waals surface area contributed by atoms with Crippen LogP contribution in [0.2, 0.25) is 5.02 Å². The number of halogens is 2. The Balaban J connectivity index is 2.49. The fourth-order valence-corrected chi connectivity index (χ4v) is 1.71. The van der Waals surface area contributed by atoms with Crippen molar-refractivity contribution < 1.29 is 9.18 Å². The molecule has 1 aromatic rings. The molecular formula is C13H17ClFNO. The zero-order valence-corrected chi connectivity index (χ0v) is 10.9. The Morgan fingerprint density at radius 3 is 2.82 bits per heavy atom. The lowest BCUT2D eigenvalue weighted by Gasteiger charge is -2.07. The lowest BCUT2D eigenvalue weighted by molar-refractivity contribution is 0.0979. The number of nitrogens with one attached hydrogen (secondary N) is 1. The van der Waals surface area contributed by atoms with Crippen LogP contribution in [0.4, 0.5) is 4.39 Å². The van der Waals surface area contributed by atoms with Crippen molar-refractivity contribution in [3.05, 3.63) is 34.6 Å². The summed E-state index contributed by atoms with van der Waals surface area (Å²) >= 11 is 5.85. The number of rotatable bonds is 6. The molecule has 0 aromatic heterocycles. The highest BCUT2D eigenvalue weighted by molar-refractivity contribution is 6.33. The summed E-state index contributed by atoms with van der Waals surface area (Å²) < 4.78 is 13.0. The minimum atomic E-state index is -0.432. The Morgan fingerprint density at radius 2 is 2.18 bits per heavy atom. The number of hydrogen-bond donors (Lipinski definition) is 1. The van der Waals surface area contributed by atoms with Gasteiger partial charge in [0, 0.05) is 18.0 Å². The number of carbonyl (C=O) groups is 1. The highest BCUT2D eigenvalue weighted by atomic mass is 35.5. The van der Waals surface area contributed by atoms with Gasteiger partial charge in [0.1, 0.15) is 5.82 Å². The predicted octanol–water partition coefficient (Wildman–Crippen LogP) is 3.44. The second-order valence-electron chi connectivity index (χ2n) is 4.26. The first-order valence-electron chi connectivity index (χ1n) is 5.72. The van der Waals surface area contributed by atoms with E-state index in [1.807, 2.05) is 13.8 Å². The molecule has 0 radical (unpaired) electrons. The van der Waals surface area contributed by atoms with Crippen LogP contribution >= 0.6 is 11.6 Å². The third-order valence-corrected chi connectivity index (χ3v) is 2.69. The second-order valence-corrected chi connectivity index (χ2v) is 4.67. The number of Topliss-reactive ketones (excluding diaryl/α,β-unsaturated/α-hetero) is 1. The highest BCUT2D eigenvalue weighted by Gasteiger charge is 2.11. The summed E-state index contributed by atoms with van der Waals surface area (Å²) in [6.45, 7) is 4.87. The topological polar surface area (TPSA) is 29.1 Å². The van der Waals surface area contributed by atoms with E-state index in [1.165, 1.54) is 18.2 Å². The van der Waals surface area contributed by atoms with E-state index >= 15 is 0 Å². The standard InChI is InChI=1S/C13H17ClFNO/c1-9(2)16-7-3-4-13(17)11-8-10(15)5-6-12(11)14/h5-6,8-9,16H,3-4,7H2,1-2H3. The van der Waals surface area contributed by atoms with Crippen molar-refractivity contribution >= 4 is 17.4 Å². The first-order chi connectivity index (χ1) is 8.00. The molecule has 0 fully saturated rings. The van der Waals surface area contributed by atoms with E-state index in [0.717, 1.165) is 13.0 Å². The van der Waals surface area contributed by atoms with Gasteiger partial charge in [-0.25, -0.2) is 4.39 Å². The summed E-state index contributed by atoms with van der Waals surface area (Å²) in [5.74, 6) is -0.543. The molecular weight excluding hydrogens is 241 g/mol. The molecule has 17 heavy (non-hydrogen) atoms. The van der Waals surface area contributed by atoms with Gasteiger partial charge in [-0.1, -0.05) is 25.4 Å². The van der Waals surface area contributed by atoms with E-state index in [0.29, 0.717) is 17.5 Å². The van der Waals surface area contributed by atoms with Crippen molar-refractivity contribution in [1.82, 2.24) is 5.32 Å². The Labute approximate surface area is 106 Å². The zero-order valence-electron chi connectivity index (χ0n) is 10.1. The molecule has 2 nitrogen and oxygen atoms in total. The highest BCUT2D eigenvalue weighted by Crippen LogP contribution is 2.19. The molecule has 0 aliphatic rings. The molecule has 0 spiro atoms. The Hall–Kier alpha value is -0.930. The van der Waals surface area contributed by atoms with Crippen molar-refractivity contribution in [3.8, 4) is 0 Å². The van der Waals surface area contributed by atoms with Crippen LogP contribution in [-0.4, -0.2) is 18.4 Å². The minimum absolute atomic E-state index is 0.111. The molecule has 0 unspecified atom stereocenters.